The van der Waals surface area contributed by atoms with Gasteiger partial charge in [0.15, 0.2) is 0 Å². The summed E-state index contributed by atoms with van der Waals surface area (Å²) in [6.07, 6.45) is -1.32. The fraction of sp³-hybridized carbons (Fsp3) is 0.677. The number of rotatable bonds is 20. The number of hydrogen-bond acceptors (Lipinski definition) is 3. The predicted molar refractivity (Wildman–Crippen MR) is 148 cm³/mol. The van der Waals surface area contributed by atoms with E-state index < -0.39 is 55.2 Å². The van der Waals surface area contributed by atoms with Crippen LogP contribution in [0.4, 0.5) is 57.1 Å². The van der Waals surface area contributed by atoms with Crippen molar-refractivity contribution in [1.82, 2.24) is 0 Å². The largest absolute Gasteiger partial charge is 0.494 e. The van der Waals surface area contributed by atoms with Crippen molar-refractivity contribution < 1.29 is 71.7 Å². The highest BCUT2D eigenvalue weighted by Gasteiger charge is 2.90. The summed E-state index contributed by atoms with van der Waals surface area (Å²) in [6.45, 7) is 7.29. The summed E-state index contributed by atoms with van der Waals surface area (Å²) in [5.41, 5.74) is 0.654. The molecule has 1 aromatic rings. The van der Waals surface area contributed by atoms with E-state index in [1.807, 2.05) is 39.0 Å². The predicted octanol–water partition coefficient (Wildman–Crippen LogP) is 10.3. The zero-order chi connectivity index (χ0) is 36.5. The van der Waals surface area contributed by atoms with Crippen molar-refractivity contribution in [3.05, 3.63) is 54.1 Å². The van der Waals surface area contributed by atoms with Gasteiger partial charge in [-0.25, -0.2) is 0 Å². The average molecular weight is 707 g/mol. The summed E-state index contributed by atoms with van der Waals surface area (Å²) in [5.74, 6) is -36.3. The number of aliphatic hydroxyl groups is 1. The first kappa shape index (κ1) is 42.5. The minimum atomic E-state index is -7.91. The van der Waals surface area contributed by atoms with Gasteiger partial charge in [-0.05, 0) is 61.6 Å². The normalized spacial score (nSPS) is 16.9. The molecule has 0 bridgehead atoms. The van der Waals surface area contributed by atoms with Gasteiger partial charge in [0.05, 0.1) is 19.3 Å². The van der Waals surface area contributed by atoms with Crippen molar-refractivity contribution in [2.75, 3.05) is 13.2 Å². The molecule has 0 unspecified atom stereocenters. The van der Waals surface area contributed by atoms with Crippen LogP contribution in [0.5, 0.6) is 5.75 Å². The standard InChI is InChI=1S/C31H39F13O3/c1-20(8-5-10-21(2)18-45)9-6-11-22(3)23(4)47-19-24-12-14-25(15-13-24)46-17-7-16-26(32,33)27(34,35)28(36,37)29(38,39)30(40,41)31(42,43)44/h5-6,8,11-15,20-23,45H,7,9-10,16-19H2,1-4H3/b8-5+,11-6+/t20-,21+,22+,23-/m1/s1. The molecule has 0 aliphatic heterocycles. The van der Waals surface area contributed by atoms with Crippen LogP contribution in [0.25, 0.3) is 0 Å². The molecule has 16 heteroatoms. The average Bonchev–Trinajstić information content (AvgIpc) is 2.97. The molecule has 0 amide bonds. The van der Waals surface area contributed by atoms with Crippen LogP contribution in [0, 0.1) is 17.8 Å². The number of aliphatic hydroxyl groups excluding tert-OH is 1. The van der Waals surface area contributed by atoms with E-state index >= 15 is 0 Å². The number of halogens is 13. The fourth-order valence-electron chi connectivity index (χ4n) is 3.87. The summed E-state index contributed by atoms with van der Waals surface area (Å²) in [4.78, 5) is 0. The first-order chi connectivity index (χ1) is 21.4. The minimum absolute atomic E-state index is 0.00356. The summed E-state index contributed by atoms with van der Waals surface area (Å²) in [7, 11) is 0. The highest BCUT2D eigenvalue weighted by molar-refractivity contribution is 5.27. The molecule has 0 saturated heterocycles. The van der Waals surface area contributed by atoms with E-state index in [0.717, 1.165) is 12.8 Å². The second-order valence-corrected chi connectivity index (χ2v) is 11.6. The van der Waals surface area contributed by atoms with Gasteiger partial charge in [-0.2, -0.15) is 57.1 Å². The maximum absolute atomic E-state index is 13.9. The van der Waals surface area contributed by atoms with Gasteiger partial charge in [0, 0.05) is 13.0 Å². The molecule has 0 saturated carbocycles. The van der Waals surface area contributed by atoms with Gasteiger partial charge in [-0.15, -0.1) is 0 Å². The van der Waals surface area contributed by atoms with Crippen molar-refractivity contribution in [3.8, 4) is 5.75 Å². The molecule has 47 heavy (non-hydrogen) atoms. The van der Waals surface area contributed by atoms with E-state index in [4.69, 9.17) is 14.6 Å². The highest BCUT2D eigenvalue weighted by atomic mass is 19.4. The first-order valence-corrected chi connectivity index (χ1v) is 14.6. The molecule has 3 nitrogen and oxygen atoms in total. The molecule has 272 valence electrons. The third kappa shape index (κ3) is 10.8. The SMILES string of the molecule is C[C@H](CO)C/C=C/[C@@H](C)C/C=C/[C@H](C)[C@@H](C)OCc1ccc(OCCCC(F)(F)C(F)(F)C(F)(F)C(F)(F)C(F)(F)C(F)(F)F)cc1. The zero-order valence-electron chi connectivity index (χ0n) is 26.1. The van der Waals surface area contributed by atoms with E-state index in [0.29, 0.717) is 11.5 Å². The Kier molecular flexibility index (Phi) is 15.2. The molecule has 4 atom stereocenters. The third-order valence-electron chi connectivity index (χ3n) is 7.34. The van der Waals surface area contributed by atoms with E-state index in [1.165, 1.54) is 24.3 Å². The Morgan fingerprint density at radius 1 is 0.702 bits per heavy atom. The number of benzene rings is 1. The lowest BCUT2D eigenvalue weighted by Crippen LogP contribution is -2.70. The van der Waals surface area contributed by atoms with Crippen LogP contribution in [0.15, 0.2) is 48.6 Å². The van der Waals surface area contributed by atoms with Gasteiger partial charge < -0.3 is 14.6 Å². The smallest absolute Gasteiger partial charge is 0.460 e. The summed E-state index contributed by atoms with van der Waals surface area (Å²) in [6, 6.07) is 5.70. The Hall–Kier alpha value is -2.49. The Balaban J connectivity index is 2.62. The molecule has 1 N–H and O–H groups in total. The molecule has 0 aliphatic carbocycles. The minimum Gasteiger partial charge on any atom is -0.494 e. The Bertz CT molecular complexity index is 1130. The molecule has 1 aromatic carbocycles. The second-order valence-electron chi connectivity index (χ2n) is 11.6. The molecule has 0 fully saturated rings. The number of hydrogen-bond donors (Lipinski definition) is 1. The van der Waals surface area contributed by atoms with Crippen molar-refractivity contribution in [3.63, 3.8) is 0 Å². The van der Waals surface area contributed by atoms with Gasteiger partial charge in [-0.3, -0.25) is 0 Å². The van der Waals surface area contributed by atoms with Crippen LogP contribution in [0.1, 0.15) is 58.9 Å². The van der Waals surface area contributed by atoms with Crippen LogP contribution >= 0.6 is 0 Å². The molecule has 0 radical (unpaired) electrons. The summed E-state index contributed by atoms with van der Waals surface area (Å²) in [5, 5.41) is 9.06. The fourth-order valence-corrected chi connectivity index (χ4v) is 3.87. The van der Waals surface area contributed by atoms with Crippen molar-refractivity contribution >= 4 is 0 Å². The third-order valence-corrected chi connectivity index (χ3v) is 7.34. The first-order valence-electron chi connectivity index (χ1n) is 14.6. The molecule has 1 rings (SSSR count). The number of allylic oxidation sites excluding steroid dienone is 3. The summed E-state index contributed by atoms with van der Waals surface area (Å²) >= 11 is 0. The van der Waals surface area contributed by atoms with E-state index in [2.05, 4.69) is 13.0 Å². The lowest BCUT2D eigenvalue weighted by Gasteiger charge is -2.39. The molecule has 0 aromatic heterocycles. The van der Waals surface area contributed by atoms with Crippen molar-refractivity contribution in [2.24, 2.45) is 17.8 Å². The summed E-state index contributed by atoms with van der Waals surface area (Å²) < 4.78 is 183. The maximum atomic E-state index is 13.9. The molecule has 0 aliphatic rings. The maximum Gasteiger partial charge on any atom is 0.460 e. The van der Waals surface area contributed by atoms with E-state index in [-0.39, 0.29) is 36.9 Å². The van der Waals surface area contributed by atoms with E-state index in [9.17, 15) is 57.1 Å². The quantitative estimate of drug-likeness (QED) is 0.0834. The number of alkyl halides is 13. The van der Waals surface area contributed by atoms with Gasteiger partial charge in [0.1, 0.15) is 5.75 Å². The van der Waals surface area contributed by atoms with Gasteiger partial charge >= 0.3 is 35.8 Å². The molecular formula is C31H39F13O3. The highest BCUT2D eigenvalue weighted by Crippen LogP contribution is 2.60. The van der Waals surface area contributed by atoms with Crippen LogP contribution in [-0.2, 0) is 11.3 Å². The monoisotopic (exact) mass is 706 g/mol. The Labute approximate surface area is 264 Å². The topological polar surface area (TPSA) is 38.7 Å². The van der Waals surface area contributed by atoms with E-state index in [1.54, 1.807) is 0 Å². The van der Waals surface area contributed by atoms with Gasteiger partial charge in [0.25, 0.3) is 0 Å². The van der Waals surface area contributed by atoms with Crippen LogP contribution in [0.3, 0.4) is 0 Å². The zero-order valence-corrected chi connectivity index (χ0v) is 26.1. The lowest BCUT2D eigenvalue weighted by molar-refractivity contribution is -0.440. The second kappa shape index (κ2) is 16.8. The van der Waals surface area contributed by atoms with Crippen molar-refractivity contribution in [1.29, 1.82) is 0 Å². The van der Waals surface area contributed by atoms with Gasteiger partial charge in [0.2, 0.25) is 0 Å². The van der Waals surface area contributed by atoms with Crippen molar-refractivity contribution in [2.45, 2.75) is 102 Å². The Morgan fingerprint density at radius 2 is 1.23 bits per heavy atom. The molecular weight excluding hydrogens is 667 g/mol. The van der Waals surface area contributed by atoms with Crippen LogP contribution < -0.4 is 4.74 Å². The lowest BCUT2D eigenvalue weighted by atomic mass is 9.92. The molecule has 0 spiro atoms. The van der Waals surface area contributed by atoms with Crippen LogP contribution in [0.2, 0.25) is 0 Å². The molecule has 0 heterocycles. The number of ether oxygens (including phenoxy) is 2. The van der Waals surface area contributed by atoms with Gasteiger partial charge in [-0.1, -0.05) is 57.2 Å². The Morgan fingerprint density at radius 3 is 1.77 bits per heavy atom. The van der Waals surface area contributed by atoms with Crippen LogP contribution in [-0.4, -0.2) is 60.2 Å².